The summed E-state index contributed by atoms with van der Waals surface area (Å²) in [6, 6.07) is 0. The lowest BCUT2D eigenvalue weighted by Gasteiger charge is -2.32. The molecule has 18 heavy (non-hydrogen) atoms. The molecule has 0 aliphatic carbocycles. The van der Waals surface area contributed by atoms with Crippen LogP contribution < -0.4 is 0 Å². The van der Waals surface area contributed by atoms with E-state index in [2.05, 4.69) is 29.5 Å². The first-order chi connectivity index (χ1) is 8.78. The Labute approximate surface area is 110 Å². The van der Waals surface area contributed by atoms with Gasteiger partial charge in [-0.05, 0) is 51.2 Å². The fourth-order valence-corrected chi connectivity index (χ4v) is 3.47. The maximum atomic E-state index is 4.75. The van der Waals surface area contributed by atoms with E-state index in [1.54, 1.807) is 0 Å². The quantitative estimate of drug-likeness (QED) is 0.801. The normalized spacial score (nSPS) is 26.2. The van der Waals surface area contributed by atoms with Gasteiger partial charge in [-0.2, -0.15) is 0 Å². The second-order valence-electron chi connectivity index (χ2n) is 6.07. The molecular weight excluding hydrogens is 222 g/mol. The average Bonchev–Trinajstić information content (AvgIpc) is 2.82. The number of fused-ring (bicyclic) bond motifs is 1. The van der Waals surface area contributed by atoms with Crippen molar-refractivity contribution in [3.05, 3.63) is 17.7 Å². The van der Waals surface area contributed by atoms with Gasteiger partial charge in [0.2, 0.25) is 0 Å². The molecule has 3 heterocycles. The van der Waals surface area contributed by atoms with Gasteiger partial charge in [0.05, 0.1) is 0 Å². The van der Waals surface area contributed by atoms with E-state index in [1.807, 2.05) is 0 Å². The summed E-state index contributed by atoms with van der Waals surface area (Å²) in [5.41, 5.74) is 1.47. The summed E-state index contributed by atoms with van der Waals surface area (Å²) in [5, 5.41) is 0. The smallest absolute Gasteiger partial charge is 0.112 e. The molecule has 2 aliphatic heterocycles. The van der Waals surface area contributed by atoms with Crippen molar-refractivity contribution in [1.82, 2.24) is 14.5 Å². The van der Waals surface area contributed by atoms with Crippen molar-refractivity contribution in [3.8, 4) is 0 Å². The van der Waals surface area contributed by atoms with Crippen LogP contribution in [0.25, 0.3) is 0 Å². The zero-order valence-electron chi connectivity index (χ0n) is 11.7. The van der Waals surface area contributed by atoms with E-state index >= 15 is 0 Å². The molecule has 0 aromatic carbocycles. The molecule has 2 aliphatic rings. The lowest BCUT2D eigenvalue weighted by Crippen LogP contribution is -2.34. The largest absolute Gasteiger partial charge is 0.332 e. The molecule has 3 heteroatoms. The van der Waals surface area contributed by atoms with Crippen LogP contribution in [0.5, 0.6) is 0 Å². The van der Waals surface area contributed by atoms with Crippen LogP contribution in [0.3, 0.4) is 0 Å². The second-order valence-corrected chi connectivity index (χ2v) is 6.07. The number of imidazole rings is 1. The van der Waals surface area contributed by atoms with Crippen LogP contribution in [-0.2, 0) is 13.0 Å². The van der Waals surface area contributed by atoms with Crippen LogP contribution in [0.4, 0.5) is 0 Å². The summed E-state index contributed by atoms with van der Waals surface area (Å²) >= 11 is 0. The zero-order chi connectivity index (χ0) is 12.5. The van der Waals surface area contributed by atoms with Crippen molar-refractivity contribution in [3.63, 3.8) is 0 Å². The first kappa shape index (κ1) is 12.2. The summed E-state index contributed by atoms with van der Waals surface area (Å²) in [4.78, 5) is 7.31. The number of piperidine rings is 1. The summed E-state index contributed by atoms with van der Waals surface area (Å²) in [6.45, 7) is 9.52. The van der Waals surface area contributed by atoms with Gasteiger partial charge < -0.3 is 9.47 Å². The monoisotopic (exact) mass is 247 g/mol. The van der Waals surface area contributed by atoms with Crippen molar-refractivity contribution in [2.75, 3.05) is 19.6 Å². The van der Waals surface area contributed by atoms with Gasteiger partial charge in [-0.15, -0.1) is 0 Å². The second kappa shape index (κ2) is 5.04. The van der Waals surface area contributed by atoms with E-state index in [0.717, 1.165) is 5.92 Å². The number of aryl methyl sites for hydroxylation is 1. The molecule has 100 valence electrons. The lowest BCUT2D eigenvalue weighted by molar-refractivity contribution is 0.215. The molecule has 1 saturated heterocycles. The summed E-state index contributed by atoms with van der Waals surface area (Å²) in [6.07, 6.45) is 7.27. The molecule has 0 N–H and O–H groups in total. The van der Waals surface area contributed by atoms with E-state index in [9.17, 15) is 0 Å². The maximum Gasteiger partial charge on any atom is 0.112 e. The van der Waals surface area contributed by atoms with Crippen molar-refractivity contribution in [2.24, 2.45) is 5.92 Å². The van der Waals surface area contributed by atoms with Gasteiger partial charge in [0.25, 0.3) is 0 Å². The Hall–Kier alpha value is -0.830. The van der Waals surface area contributed by atoms with Crippen LogP contribution in [0.2, 0.25) is 0 Å². The molecule has 3 rings (SSSR count). The predicted octanol–water partition coefficient (Wildman–Crippen LogP) is 2.66. The van der Waals surface area contributed by atoms with Gasteiger partial charge in [-0.25, -0.2) is 4.98 Å². The van der Waals surface area contributed by atoms with Gasteiger partial charge in [0.15, 0.2) is 0 Å². The highest BCUT2D eigenvalue weighted by Crippen LogP contribution is 2.30. The van der Waals surface area contributed by atoms with E-state index in [0.29, 0.717) is 5.92 Å². The van der Waals surface area contributed by atoms with E-state index < -0.39 is 0 Å². The van der Waals surface area contributed by atoms with Crippen LogP contribution in [0, 0.1) is 5.92 Å². The highest BCUT2D eigenvalue weighted by molar-refractivity contribution is 5.12. The standard InChI is InChI=1S/C15H25N3/c1-3-17-8-6-13(7-9-17)15-16-10-14-5-4-12(2)11-18(14)15/h10,12-13H,3-9,11H2,1-2H3. The Balaban J connectivity index is 1.75. The summed E-state index contributed by atoms with van der Waals surface area (Å²) in [7, 11) is 0. The molecule has 1 aromatic rings. The Kier molecular flexibility index (Phi) is 3.42. The minimum atomic E-state index is 0.701. The molecule has 0 amide bonds. The summed E-state index contributed by atoms with van der Waals surface area (Å²) < 4.78 is 2.53. The molecule has 1 aromatic heterocycles. The van der Waals surface area contributed by atoms with E-state index in [1.165, 1.54) is 63.4 Å². The number of rotatable bonds is 2. The Morgan fingerprint density at radius 3 is 2.78 bits per heavy atom. The number of aromatic nitrogens is 2. The Bertz CT molecular complexity index is 402. The number of hydrogen-bond donors (Lipinski definition) is 0. The van der Waals surface area contributed by atoms with Gasteiger partial charge >= 0.3 is 0 Å². The molecule has 1 fully saturated rings. The van der Waals surface area contributed by atoms with Crippen molar-refractivity contribution in [2.45, 2.75) is 52.0 Å². The molecular formula is C15H25N3. The van der Waals surface area contributed by atoms with Crippen LogP contribution in [-0.4, -0.2) is 34.1 Å². The topological polar surface area (TPSA) is 21.1 Å². The van der Waals surface area contributed by atoms with Crippen LogP contribution in [0.15, 0.2) is 6.20 Å². The average molecular weight is 247 g/mol. The number of likely N-dealkylation sites (tertiary alicyclic amines) is 1. The molecule has 0 radical (unpaired) electrons. The van der Waals surface area contributed by atoms with Crippen molar-refractivity contribution in [1.29, 1.82) is 0 Å². The Morgan fingerprint density at radius 2 is 2.06 bits per heavy atom. The molecule has 3 nitrogen and oxygen atoms in total. The Morgan fingerprint density at radius 1 is 1.28 bits per heavy atom. The van der Waals surface area contributed by atoms with Crippen LogP contribution >= 0.6 is 0 Å². The van der Waals surface area contributed by atoms with Crippen molar-refractivity contribution < 1.29 is 0 Å². The first-order valence-electron chi connectivity index (χ1n) is 7.54. The molecule has 0 bridgehead atoms. The highest BCUT2D eigenvalue weighted by Gasteiger charge is 2.26. The van der Waals surface area contributed by atoms with Gasteiger partial charge in [0, 0.05) is 24.4 Å². The van der Waals surface area contributed by atoms with Crippen molar-refractivity contribution >= 4 is 0 Å². The fraction of sp³-hybridized carbons (Fsp3) is 0.800. The third kappa shape index (κ3) is 2.20. The van der Waals surface area contributed by atoms with Gasteiger partial charge in [-0.1, -0.05) is 13.8 Å². The molecule has 0 spiro atoms. The maximum absolute atomic E-state index is 4.75. The van der Waals surface area contributed by atoms with Crippen LogP contribution in [0.1, 0.15) is 50.5 Å². The molecule has 1 unspecified atom stereocenters. The highest BCUT2D eigenvalue weighted by atomic mass is 15.1. The fourth-order valence-electron chi connectivity index (χ4n) is 3.47. The molecule has 1 atom stereocenters. The SMILES string of the molecule is CCN1CCC(c2ncc3n2CC(C)CC3)CC1. The third-order valence-electron chi connectivity index (χ3n) is 4.76. The summed E-state index contributed by atoms with van der Waals surface area (Å²) in [5.74, 6) is 2.90. The number of hydrogen-bond acceptors (Lipinski definition) is 2. The van der Waals surface area contributed by atoms with Gasteiger partial charge in [-0.3, -0.25) is 0 Å². The predicted molar refractivity (Wildman–Crippen MR) is 73.8 cm³/mol. The van der Waals surface area contributed by atoms with E-state index in [-0.39, 0.29) is 0 Å². The molecule has 0 saturated carbocycles. The van der Waals surface area contributed by atoms with E-state index in [4.69, 9.17) is 4.98 Å². The minimum Gasteiger partial charge on any atom is -0.332 e. The minimum absolute atomic E-state index is 0.701. The third-order valence-corrected chi connectivity index (χ3v) is 4.76. The zero-order valence-corrected chi connectivity index (χ0v) is 11.7. The first-order valence-corrected chi connectivity index (χ1v) is 7.54. The lowest BCUT2D eigenvalue weighted by atomic mass is 9.94. The number of nitrogens with zero attached hydrogens (tertiary/aromatic N) is 3. The van der Waals surface area contributed by atoms with Gasteiger partial charge in [0.1, 0.15) is 5.82 Å².